The van der Waals surface area contributed by atoms with Crippen molar-refractivity contribution in [1.29, 1.82) is 0 Å². The molecular weight excluding hydrogens is 536 g/mol. The van der Waals surface area contributed by atoms with Gasteiger partial charge in [-0.15, -0.1) is 0 Å². The van der Waals surface area contributed by atoms with Crippen molar-refractivity contribution in [3.8, 4) is 5.75 Å². The molecule has 0 saturated carbocycles. The molecular formula is C32H34N4O6. The minimum absolute atomic E-state index is 0.0537. The maximum absolute atomic E-state index is 14.3. The molecule has 0 spiro atoms. The Balaban J connectivity index is 1.50. The molecule has 3 amide bonds. The van der Waals surface area contributed by atoms with Gasteiger partial charge in [-0.2, -0.15) is 0 Å². The standard InChI is InChI=1S/C32H34N4O6/c1-20(2)17-28-31(39)34-19-24-6-4-3-5-23(24)18-27(34)32(40)35(28)29(22-9-11-25(12-10-22)36(41)42)30(38)33-16-15-21-7-13-26(37)14-8-21/h3-14,20,27-29,37H,15-19H2,1-2H3,(H,33,38)/t27-,28-,29?/m0/s1. The molecule has 1 fully saturated rings. The second-order valence-corrected chi connectivity index (χ2v) is 11.3. The number of benzene rings is 3. The Bertz CT molecular complexity index is 1490. The van der Waals surface area contributed by atoms with E-state index in [9.17, 15) is 29.6 Å². The molecule has 10 nitrogen and oxygen atoms in total. The number of fused-ring (bicyclic) bond motifs is 2. The van der Waals surface area contributed by atoms with Gasteiger partial charge in [-0.05, 0) is 65.3 Å². The van der Waals surface area contributed by atoms with Crippen molar-refractivity contribution >= 4 is 23.4 Å². The van der Waals surface area contributed by atoms with Crippen LogP contribution in [0.2, 0.25) is 0 Å². The van der Waals surface area contributed by atoms with Crippen LogP contribution in [0.15, 0.2) is 72.8 Å². The van der Waals surface area contributed by atoms with Crippen LogP contribution < -0.4 is 5.32 Å². The number of nitro benzene ring substituents is 1. The van der Waals surface area contributed by atoms with Crippen molar-refractivity contribution in [3.63, 3.8) is 0 Å². The lowest BCUT2D eigenvalue weighted by Crippen LogP contribution is -2.67. The Labute approximate surface area is 244 Å². The number of amides is 3. The first-order valence-corrected chi connectivity index (χ1v) is 14.1. The topological polar surface area (TPSA) is 133 Å². The molecule has 0 radical (unpaired) electrons. The third kappa shape index (κ3) is 5.83. The van der Waals surface area contributed by atoms with E-state index < -0.39 is 29.0 Å². The molecule has 42 heavy (non-hydrogen) atoms. The van der Waals surface area contributed by atoms with Crippen LogP contribution >= 0.6 is 0 Å². The molecule has 3 aromatic rings. The number of hydrogen-bond donors (Lipinski definition) is 2. The monoisotopic (exact) mass is 570 g/mol. The van der Waals surface area contributed by atoms with Crippen molar-refractivity contribution in [2.24, 2.45) is 5.92 Å². The molecule has 1 saturated heterocycles. The lowest BCUT2D eigenvalue weighted by Gasteiger charge is -2.49. The number of carbonyl (C=O) groups excluding carboxylic acids is 3. The maximum atomic E-state index is 14.3. The predicted molar refractivity (Wildman–Crippen MR) is 155 cm³/mol. The summed E-state index contributed by atoms with van der Waals surface area (Å²) < 4.78 is 0. The normalized spacial score (nSPS) is 18.8. The Kier molecular flexibility index (Phi) is 8.24. The summed E-state index contributed by atoms with van der Waals surface area (Å²) >= 11 is 0. The molecule has 0 aliphatic carbocycles. The van der Waals surface area contributed by atoms with E-state index in [1.54, 1.807) is 29.2 Å². The molecule has 2 heterocycles. The van der Waals surface area contributed by atoms with Crippen LogP contribution in [-0.2, 0) is 33.8 Å². The number of hydrogen-bond acceptors (Lipinski definition) is 6. The van der Waals surface area contributed by atoms with E-state index >= 15 is 0 Å². The van der Waals surface area contributed by atoms with E-state index in [4.69, 9.17) is 0 Å². The minimum Gasteiger partial charge on any atom is -0.508 e. The zero-order valence-corrected chi connectivity index (χ0v) is 23.6. The Morgan fingerprint density at radius 1 is 1.00 bits per heavy atom. The molecule has 10 heteroatoms. The number of piperazine rings is 1. The number of nitro groups is 1. The molecule has 2 N–H and O–H groups in total. The first-order chi connectivity index (χ1) is 20.1. The third-order valence-corrected chi connectivity index (χ3v) is 7.98. The number of carbonyl (C=O) groups is 3. The van der Waals surface area contributed by atoms with Gasteiger partial charge in [-0.3, -0.25) is 24.5 Å². The molecule has 0 aromatic heterocycles. The van der Waals surface area contributed by atoms with E-state index in [1.165, 1.54) is 29.2 Å². The first kappa shape index (κ1) is 28.8. The van der Waals surface area contributed by atoms with Gasteiger partial charge >= 0.3 is 0 Å². The van der Waals surface area contributed by atoms with E-state index in [0.29, 0.717) is 31.4 Å². The summed E-state index contributed by atoms with van der Waals surface area (Å²) in [5.74, 6) is -0.789. The number of phenols is 1. The molecule has 3 aromatic carbocycles. The Morgan fingerprint density at radius 2 is 1.67 bits per heavy atom. The van der Waals surface area contributed by atoms with E-state index in [0.717, 1.165) is 16.7 Å². The fraction of sp³-hybridized carbons (Fsp3) is 0.344. The van der Waals surface area contributed by atoms with Crippen LogP contribution in [0.25, 0.3) is 0 Å². The van der Waals surface area contributed by atoms with Crippen LogP contribution in [0.4, 0.5) is 5.69 Å². The third-order valence-electron chi connectivity index (χ3n) is 7.98. The van der Waals surface area contributed by atoms with Gasteiger partial charge in [0.15, 0.2) is 0 Å². The summed E-state index contributed by atoms with van der Waals surface area (Å²) in [4.78, 5) is 56.3. The minimum atomic E-state index is -1.16. The van der Waals surface area contributed by atoms with Crippen molar-refractivity contribution in [2.45, 2.75) is 57.8 Å². The van der Waals surface area contributed by atoms with Gasteiger partial charge in [0.25, 0.3) is 5.69 Å². The highest BCUT2D eigenvalue weighted by atomic mass is 16.6. The van der Waals surface area contributed by atoms with Crippen LogP contribution in [-0.4, -0.2) is 56.2 Å². The van der Waals surface area contributed by atoms with Crippen LogP contribution in [0, 0.1) is 16.0 Å². The molecule has 2 aliphatic heterocycles. The maximum Gasteiger partial charge on any atom is 0.269 e. The summed E-state index contributed by atoms with van der Waals surface area (Å²) in [6.45, 7) is 4.51. The number of phenolic OH excluding ortho intramolecular Hbond substituents is 1. The largest absolute Gasteiger partial charge is 0.508 e. The van der Waals surface area contributed by atoms with Crippen LogP contribution in [0.1, 0.15) is 48.6 Å². The van der Waals surface area contributed by atoms with Gasteiger partial charge in [0, 0.05) is 31.6 Å². The van der Waals surface area contributed by atoms with Crippen molar-refractivity contribution in [1.82, 2.24) is 15.1 Å². The molecule has 2 aliphatic rings. The SMILES string of the molecule is CC(C)C[C@H]1C(=O)N2Cc3ccccc3C[C@H]2C(=O)N1C(C(=O)NCCc1ccc(O)cc1)c1ccc([N+](=O)[O-])cc1. The zero-order chi connectivity index (χ0) is 30.0. The van der Waals surface area contributed by atoms with Crippen LogP contribution in [0.3, 0.4) is 0 Å². The van der Waals surface area contributed by atoms with Crippen molar-refractivity contribution in [3.05, 3.63) is 105 Å². The highest BCUT2D eigenvalue weighted by Crippen LogP contribution is 2.36. The average Bonchev–Trinajstić information content (AvgIpc) is 2.97. The van der Waals surface area contributed by atoms with Crippen molar-refractivity contribution < 1.29 is 24.4 Å². The summed E-state index contributed by atoms with van der Waals surface area (Å²) in [5.41, 5.74) is 3.15. The summed E-state index contributed by atoms with van der Waals surface area (Å²) in [5, 5.41) is 23.8. The second kappa shape index (κ2) is 12.0. The number of nitrogens with zero attached hydrogens (tertiary/aromatic N) is 3. The van der Waals surface area contributed by atoms with Gasteiger partial charge in [-0.1, -0.05) is 50.2 Å². The van der Waals surface area contributed by atoms with Crippen molar-refractivity contribution in [2.75, 3.05) is 6.54 Å². The zero-order valence-electron chi connectivity index (χ0n) is 23.6. The molecule has 3 atom stereocenters. The van der Waals surface area contributed by atoms with Gasteiger partial charge in [0.2, 0.25) is 17.7 Å². The van der Waals surface area contributed by atoms with E-state index in [1.807, 2.05) is 38.1 Å². The smallest absolute Gasteiger partial charge is 0.269 e. The van der Waals surface area contributed by atoms with E-state index in [2.05, 4.69) is 5.32 Å². The van der Waals surface area contributed by atoms with Crippen LogP contribution in [0.5, 0.6) is 5.75 Å². The number of nitrogens with one attached hydrogen (secondary N) is 1. The number of non-ortho nitro benzene ring substituents is 1. The average molecular weight is 571 g/mol. The molecule has 5 rings (SSSR count). The molecule has 1 unspecified atom stereocenters. The summed E-state index contributed by atoms with van der Waals surface area (Å²) in [7, 11) is 0. The Morgan fingerprint density at radius 3 is 2.31 bits per heavy atom. The molecule has 218 valence electrons. The predicted octanol–water partition coefficient (Wildman–Crippen LogP) is 3.91. The van der Waals surface area contributed by atoms with Gasteiger partial charge in [0.1, 0.15) is 23.9 Å². The highest BCUT2D eigenvalue weighted by molar-refractivity contribution is 6.00. The second-order valence-electron chi connectivity index (χ2n) is 11.3. The summed E-state index contributed by atoms with van der Waals surface area (Å²) in [6.07, 6.45) is 1.19. The molecule has 0 bridgehead atoms. The summed E-state index contributed by atoms with van der Waals surface area (Å²) in [6, 6.07) is 17.2. The first-order valence-electron chi connectivity index (χ1n) is 14.1. The van der Waals surface area contributed by atoms with Gasteiger partial charge < -0.3 is 20.2 Å². The fourth-order valence-corrected chi connectivity index (χ4v) is 5.89. The quantitative estimate of drug-likeness (QED) is 0.296. The van der Waals surface area contributed by atoms with Gasteiger partial charge in [0.05, 0.1) is 4.92 Å². The highest BCUT2D eigenvalue weighted by Gasteiger charge is 2.51. The lowest BCUT2D eigenvalue weighted by molar-refractivity contribution is -0.384. The lowest BCUT2D eigenvalue weighted by atomic mass is 9.86. The van der Waals surface area contributed by atoms with E-state index in [-0.39, 0.29) is 35.7 Å². The van der Waals surface area contributed by atoms with Gasteiger partial charge in [-0.25, -0.2) is 0 Å². The fourth-order valence-electron chi connectivity index (χ4n) is 5.89. The number of aromatic hydroxyl groups is 1. The number of rotatable bonds is 9. The Hall–Kier alpha value is -4.73.